The first-order valence-corrected chi connectivity index (χ1v) is 15.2. The molecule has 0 atom stereocenters. The van der Waals surface area contributed by atoms with Crippen LogP contribution in [-0.4, -0.2) is 76.7 Å². The molecule has 0 radical (unpaired) electrons. The zero-order valence-electron chi connectivity index (χ0n) is 25.2. The van der Waals surface area contributed by atoms with Gasteiger partial charge in [-0.1, -0.05) is 30.3 Å². The number of amides is 1. The molecule has 2 fully saturated rings. The summed E-state index contributed by atoms with van der Waals surface area (Å²) in [5.41, 5.74) is 7.17. The predicted molar refractivity (Wildman–Crippen MR) is 168 cm³/mol. The van der Waals surface area contributed by atoms with E-state index in [1.807, 2.05) is 24.3 Å². The third-order valence-corrected chi connectivity index (χ3v) is 8.82. The van der Waals surface area contributed by atoms with E-state index in [4.69, 9.17) is 14.2 Å². The number of rotatable bonds is 7. The number of hydrogen-bond donors (Lipinski definition) is 1. The summed E-state index contributed by atoms with van der Waals surface area (Å²) in [5.74, 6) is 0.721. The van der Waals surface area contributed by atoms with Crippen LogP contribution in [0.15, 0.2) is 72.3 Å². The molecule has 0 saturated carbocycles. The molecule has 3 aromatic carbocycles. The largest absolute Gasteiger partial charge is 1.00 e. The van der Waals surface area contributed by atoms with E-state index in [0.29, 0.717) is 19.1 Å². The van der Waals surface area contributed by atoms with Crippen LogP contribution in [0.3, 0.4) is 0 Å². The van der Waals surface area contributed by atoms with Crippen molar-refractivity contribution in [3.63, 3.8) is 0 Å². The molecule has 6 rings (SSSR count). The van der Waals surface area contributed by atoms with E-state index >= 15 is 0 Å². The number of quaternary nitrogens is 1. The van der Waals surface area contributed by atoms with E-state index in [9.17, 15) is 4.79 Å². The van der Waals surface area contributed by atoms with E-state index in [-0.39, 0.29) is 29.9 Å². The molecule has 0 bridgehead atoms. The van der Waals surface area contributed by atoms with Gasteiger partial charge in [0.05, 0.1) is 53.2 Å². The Morgan fingerprint density at radius 1 is 0.860 bits per heavy atom. The first kappa shape index (κ1) is 31.5. The van der Waals surface area contributed by atoms with Crippen molar-refractivity contribution in [1.29, 1.82) is 0 Å². The SMILES string of the molecule is C[N+](C)(Cc1ccc(NC(=O)C2=Cc3cc(-c4ccc(N5CCOCC5)cc4)ccc3OCC2)cc1)C1CCOCC1.[I-]. The maximum absolute atomic E-state index is 13.3. The van der Waals surface area contributed by atoms with Gasteiger partial charge in [0.1, 0.15) is 12.3 Å². The van der Waals surface area contributed by atoms with Crippen LogP contribution in [0.5, 0.6) is 5.75 Å². The van der Waals surface area contributed by atoms with Crippen molar-refractivity contribution in [2.45, 2.75) is 31.8 Å². The van der Waals surface area contributed by atoms with Crippen LogP contribution >= 0.6 is 0 Å². The van der Waals surface area contributed by atoms with Crippen molar-refractivity contribution in [2.75, 3.05) is 70.4 Å². The molecule has 0 aromatic heterocycles. The molecule has 0 aliphatic carbocycles. The van der Waals surface area contributed by atoms with Crippen molar-refractivity contribution in [3.8, 4) is 16.9 Å². The number of nitrogens with one attached hydrogen (secondary N) is 1. The normalized spacial score (nSPS) is 17.5. The number of carbonyl (C=O) groups excluding carboxylic acids is 1. The molecule has 1 N–H and O–H groups in total. The standard InChI is InChI=1S/C35H41N3O4.HI/c1-38(2,33-14-18-40-19-15-33)25-26-3-8-31(9-4-26)36-35(39)29-13-20-42-34-12-7-28(23-30(34)24-29)27-5-10-32(11-6-27)37-16-21-41-22-17-37;/h3-12,23-24,33H,13-22,25H2,1-2H3;1H. The van der Waals surface area contributed by atoms with Crippen molar-refractivity contribution >= 4 is 23.4 Å². The Balaban J connectivity index is 0.00000368. The highest BCUT2D eigenvalue weighted by molar-refractivity contribution is 6.07. The lowest BCUT2D eigenvalue weighted by molar-refractivity contribution is -0.929. The van der Waals surface area contributed by atoms with E-state index in [1.54, 1.807) is 0 Å². The van der Waals surface area contributed by atoms with Crippen molar-refractivity contribution in [2.24, 2.45) is 0 Å². The van der Waals surface area contributed by atoms with Crippen LogP contribution < -0.4 is 38.9 Å². The van der Waals surface area contributed by atoms with Gasteiger partial charge < -0.3 is 52.9 Å². The fourth-order valence-corrected chi connectivity index (χ4v) is 6.26. The van der Waals surface area contributed by atoms with Gasteiger partial charge in [-0.2, -0.15) is 0 Å². The first-order valence-electron chi connectivity index (χ1n) is 15.2. The van der Waals surface area contributed by atoms with Crippen LogP contribution in [0.25, 0.3) is 17.2 Å². The quantitative estimate of drug-likeness (QED) is 0.305. The smallest absolute Gasteiger partial charge is 0.251 e. The fourth-order valence-electron chi connectivity index (χ4n) is 6.26. The van der Waals surface area contributed by atoms with E-state index < -0.39 is 0 Å². The van der Waals surface area contributed by atoms with Gasteiger partial charge in [-0.05, 0) is 53.6 Å². The minimum atomic E-state index is -0.0854. The van der Waals surface area contributed by atoms with Crippen LogP contribution in [0.1, 0.15) is 30.4 Å². The van der Waals surface area contributed by atoms with E-state index in [1.165, 1.54) is 11.3 Å². The summed E-state index contributed by atoms with van der Waals surface area (Å²) in [6.45, 7) is 6.52. The van der Waals surface area contributed by atoms with E-state index in [0.717, 1.165) is 97.1 Å². The molecule has 3 heterocycles. The minimum Gasteiger partial charge on any atom is -1.00 e. The summed E-state index contributed by atoms with van der Waals surface area (Å²) < 4.78 is 18.0. The Kier molecular flexibility index (Phi) is 10.4. The van der Waals surface area contributed by atoms with Gasteiger partial charge in [0.15, 0.2) is 0 Å². The Morgan fingerprint density at radius 3 is 2.26 bits per heavy atom. The number of morpholine rings is 1. The second-order valence-corrected chi connectivity index (χ2v) is 12.1. The average Bonchev–Trinajstić information content (AvgIpc) is 3.25. The van der Waals surface area contributed by atoms with Crippen molar-refractivity contribution in [1.82, 2.24) is 0 Å². The first-order chi connectivity index (χ1) is 20.4. The summed E-state index contributed by atoms with van der Waals surface area (Å²) in [7, 11) is 4.60. The highest BCUT2D eigenvalue weighted by atomic mass is 127. The highest BCUT2D eigenvalue weighted by Crippen LogP contribution is 2.32. The zero-order valence-corrected chi connectivity index (χ0v) is 27.3. The van der Waals surface area contributed by atoms with Crippen LogP contribution in [-0.2, 0) is 20.8 Å². The Bertz CT molecular complexity index is 1410. The molecule has 0 unspecified atom stereocenters. The Hall–Kier alpha value is -2.92. The van der Waals surface area contributed by atoms with Crippen LogP contribution in [0.2, 0.25) is 0 Å². The molecule has 8 heteroatoms. The molecule has 43 heavy (non-hydrogen) atoms. The zero-order chi connectivity index (χ0) is 28.9. The molecule has 3 aromatic rings. The molecule has 3 aliphatic rings. The summed E-state index contributed by atoms with van der Waals surface area (Å²) in [6.07, 6.45) is 4.74. The summed E-state index contributed by atoms with van der Waals surface area (Å²) in [5, 5.41) is 3.11. The third kappa shape index (κ3) is 7.78. The predicted octanol–water partition coefficient (Wildman–Crippen LogP) is 2.75. The number of anilines is 2. The lowest BCUT2D eigenvalue weighted by Gasteiger charge is -2.40. The molecule has 0 spiro atoms. The maximum Gasteiger partial charge on any atom is 0.251 e. The second-order valence-electron chi connectivity index (χ2n) is 12.1. The van der Waals surface area contributed by atoms with Crippen molar-refractivity contribution < 1.29 is 47.5 Å². The monoisotopic (exact) mass is 695 g/mol. The summed E-state index contributed by atoms with van der Waals surface area (Å²) in [4.78, 5) is 15.7. The summed E-state index contributed by atoms with van der Waals surface area (Å²) in [6, 6.07) is 23.8. The van der Waals surface area contributed by atoms with Gasteiger partial charge in [-0.3, -0.25) is 4.79 Å². The van der Waals surface area contributed by atoms with Crippen LogP contribution in [0.4, 0.5) is 11.4 Å². The molecule has 7 nitrogen and oxygen atoms in total. The second kappa shape index (κ2) is 14.2. The van der Waals surface area contributed by atoms with Gasteiger partial charge in [0.2, 0.25) is 0 Å². The van der Waals surface area contributed by atoms with E-state index in [2.05, 4.69) is 72.8 Å². The minimum absolute atomic E-state index is 0. The lowest BCUT2D eigenvalue weighted by Crippen LogP contribution is -3.00. The van der Waals surface area contributed by atoms with Crippen molar-refractivity contribution in [3.05, 3.63) is 83.4 Å². The number of nitrogens with zero attached hydrogens (tertiary/aromatic N) is 2. The lowest BCUT2D eigenvalue weighted by atomic mass is 10.0. The molecule has 1 amide bonds. The number of ether oxygens (including phenoxy) is 3. The average molecular weight is 696 g/mol. The summed E-state index contributed by atoms with van der Waals surface area (Å²) >= 11 is 0. The fraction of sp³-hybridized carbons (Fsp3) is 0.400. The number of fused-ring (bicyclic) bond motifs is 1. The topological polar surface area (TPSA) is 60.0 Å². The Labute approximate surface area is 272 Å². The van der Waals surface area contributed by atoms with Gasteiger partial charge in [-0.15, -0.1) is 0 Å². The Morgan fingerprint density at radius 2 is 1.53 bits per heavy atom. The number of hydrogen-bond acceptors (Lipinski definition) is 5. The van der Waals surface area contributed by atoms with Gasteiger partial charge in [0, 0.05) is 60.4 Å². The third-order valence-electron chi connectivity index (χ3n) is 8.82. The number of carbonyl (C=O) groups is 1. The molecular formula is C35H42IN3O4. The molecule has 228 valence electrons. The van der Waals surface area contributed by atoms with Crippen LogP contribution in [0, 0.1) is 0 Å². The van der Waals surface area contributed by atoms with Gasteiger partial charge in [-0.25, -0.2) is 0 Å². The molecule has 3 aliphatic heterocycles. The van der Waals surface area contributed by atoms with Gasteiger partial charge >= 0.3 is 0 Å². The van der Waals surface area contributed by atoms with Gasteiger partial charge in [0.25, 0.3) is 5.91 Å². The molecular weight excluding hydrogens is 653 g/mol. The number of benzene rings is 3. The highest BCUT2D eigenvalue weighted by Gasteiger charge is 2.30. The molecule has 2 saturated heterocycles. The number of halogens is 1. The maximum atomic E-state index is 13.3.